The van der Waals surface area contributed by atoms with E-state index in [2.05, 4.69) is 5.32 Å². The zero-order valence-corrected chi connectivity index (χ0v) is 14.5. The zero-order valence-electron chi connectivity index (χ0n) is 14.5. The number of benzene rings is 2. The lowest BCUT2D eigenvalue weighted by molar-refractivity contribution is -0.123. The van der Waals surface area contributed by atoms with Gasteiger partial charge in [0.2, 0.25) is 5.91 Å². The van der Waals surface area contributed by atoms with Crippen molar-refractivity contribution in [3.05, 3.63) is 54.1 Å². The summed E-state index contributed by atoms with van der Waals surface area (Å²) in [5, 5.41) is 2.85. The van der Waals surface area contributed by atoms with Crippen LogP contribution in [0.25, 0.3) is 0 Å². The Morgan fingerprint density at radius 3 is 2.36 bits per heavy atom. The summed E-state index contributed by atoms with van der Waals surface area (Å²) in [7, 11) is 3.15. The summed E-state index contributed by atoms with van der Waals surface area (Å²) in [4.78, 5) is 11.8. The Morgan fingerprint density at radius 1 is 1.08 bits per heavy atom. The number of nitrogens with two attached hydrogens (primary N) is 1. The molecule has 1 unspecified atom stereocenters. The van der Waals surface area contributed by atoms with Crippen LogP contribution in [0.4, 0.5) is 0 Å². The maximum absolute atomic E-state index is 11.8. The van der Waals surface area contributed by atoms with Crippen molar-refractivity contribution in [3.63, 3.8) is 0 Å². The quantitative estimate of drug-likeness (QED) is 0.730. The van der Waals surface area contributed by atoms with Crippen LogP contribution < -0.4 is 20.5 Å². The van der Waals surface area contributed by atoms with E-state index < -0.39 is 0 Å². The van der Waals surface area contributed by atoms with E-state index in [4.69, 9.17) is 19.9 Å². The molecule has 0 radical (unpaired) electrons. The topological polar surface area (TPSA) is 82.8 Å². The van der Waals surface area contributed by atoms with Gasteiger partial charge in [0.25, 0.3) is 0 Å². The Balaban J connectivity index is 1.88. The number of para-hydroxylation sites is 2. The summed E-state index contributed by atoms with van der Waals surface area (Å²) in [6, 6.07) is 15.0. The van der Waals surface area contributed by atoms with E-state index in [0.29, 0.717) is 30.3 Å². The lowest BCUT2D eigenvalue weighted by Gasteiger charge is -2.13. The highest BCUT2D eigenvalue weighted by Gasteiger charge is 2.11. The minimum Gasteiger partial charge on any atom is -0.493 e. The van der Waals surface area contributed by atoms with Gasteiger partial charge in [-0.25, -0.2) is 0 Å². The molecule has 6 nitrogen and oxygen atoms in total. The Labute approximate surface area is 147 Å². The highest BCUT2D eigenvalue weighted by molar-refractivity contribution is 5.76. The van der Waals surface area contributed by atoms with Gasteiger partial charge in [-0.05, 0) is 29.8 Å². The van der Waals surface area contributed by atoms with Gasteiger partial charge in [-0.3, -0.25) is 4.79 Å². The maximum Gasteiger partial charge on any atom is 0.222 e. The monoisotopic (exact) mass is 344 g/mol. The molecule has 25 heavy (non-hydrogen) atoms. The molecule has 0 fully saturated rings. The van der Waals surface area contributed by atoms with Crippen LogP contribution in [0.5, 0.6) is 17.2 Å². The zero-order chi connectivity index (χ0) is 18.1. The molecular weight excluding hydrogens is 320 g/mol. The van der Waals surface area contributed by atoms with Gasteiger partial charge in [0.1, 0.15) is 5.75 Å². The molecule has 134 valence electrons. The predicted molar refractivity (Wildman–Crippen MR) is 95.8 cm³/mol. The first kappa shape index (κ1) is 18.8. The molecule has 0 aliphatic carbocycles. The van der Waals surface area contributed by atoms with E-state index >= 15 is 0 Å². The number of amides is 1. The summed E-state index contributed by atoms with van der Waals surface area (Å²) in [6.45, 7) is 0.758. The smallest absolute Gasteiger partial charge is 0.222 e. The lowest BCUT2D eigenvalue weighted by atomic mass is 10.2. The Morgan fingerprint density at radius 2 is 1.76 bits per heavy atom. The highest BCUT2D eigenvalue weighted by atomic mass is 16.5. The number of hydrogen-bond acceptors (Lipinski definition) is 5. The lowest BCUT2D eigenvalue weighted by Crippen LogP contribution is -2.31. The third-order valence-electron chi connectivity index (χ3n) is 3.72. The number of ether oxygens (including phenoxy) is 3. The van der Waals surface area contributed by atoms with Crippen LogP contribution in [0.2, 0.25) is 0 Å². The van der Waals surface area contributed by atoms with E-state index in [1.54, 1.807) is 14.2 Å². The highest BCUT2D eigenvalue weighted by Crippen LogP contribution is 2.30. The molecule has 2 rings (SSSR count). The van der Waals surface area contributed by atoms with Crippen molar-refractivity contribution in [1.82, 2.24) is 5.32 Å². The van der Waals surface area contributed by atoms with Gasteiger partial charge in [-0.2, -0.15) is 0 Å². The van der Waals surface area contributed by atoms with Crippen molar-refractivity contribution < 1.29 is 19.0 Å². The van der Waals surface area contributed by atoms with Crippen molar-refractivity contribution in [2.45, 2.75) is 19.1 Å². The number of nitrogens with one attached hydrogen (secondary N) is 1. The molecule has 2 aromatic carbocycles. The molecule has 1 amide bonds. The van der Waals surface area contributed by atoms with Crippen LogP contribution in [0.1, 0.15) is 12.0 Å². The van der Waals surface area contributed by atoms with Crippen molar-refractivity contribution in [1.29, 1.82) is 0 Å². The minimum absolute atomic E-state index is 0.0911. The van der Waals surface area contributed by atoms with Crippen molar-refractivity contribution in [2.75, 3.05) is 20.8 Å². The number of carbonyl (C=O) groups is 1. The summed E-state index contributed by atoms with van der Waals surface area (Å²) in [5.41, 5.74) is 6.49. The van der Waals surface area contributed by atoms with Crippen LogP contribution in [0.15, 0.2) is 48.5 Å². The third-order valence-corrected chi connectivity index (χ3v) is 3.72. The second-order valence-electron chi connectivity index (χ2n) is 5.47. The van der Waals surface area contributed by atoms with Gasteiger partial charge in [0, 0.05) is 20.2 Å². The SMILES string of the molecule is COc1ccccc1Oc1ccc(CNC(=O)CC(CN)OC)cc1. The van der Waals surface area contributed by atoms with E-state index in [-0.39, 0.29) is 18.4 Å². The molecule has 0 aliphatic rings. The molecule has 0 saturated heterocycles. The van der Waals surface area contributed by atoms with Gasteiger partial charge in [-0.15, -0.1) is 0 Å². The molecule has 2 aromatic rings. The van der Waals surface area contributed by atoms with Crippen molar-refractivity contribution in [3.8, 4) is 17.2 Å². The van der Waals surface area contributed by atoms with Crippen LogP contribution in [0.3, 0.4) is 0 Å². The molecule has 0 aromatic heterocycles. The fourth-order valence-electron chi connectivity index (χ4n) is 2.25. The summed E-state index contributed by atoms with van der Waals surface area (Å²) >= 11 is 0. The standard InChI is InChI=1S/C19H24N2O4/c1-23-16(12-20)11-19(22)21-13-14-7-9-15(10-8-14)25-18-6-4-3-5-17(18)24-2/h3-10,16H,11-13,20H2,1-2H3,(H,21,22). The average Bonchev–Trinajstić information content (AvgIpc) is 2.66. The first-order valence-electron chi connectivity index (χ1n) is 8.05. The number of carbonyl (C=O) groups excluding carboxylic acids is 1. The summed E-state index contributed by atoms with van der Waals surface area (Å²) < 4.78 is 16.2. The maximum atomic E-state index is 11.8. The molecule has 0 aliphatic heterocycles. The minimum atomic E-state index is -0.253. The van der Waals surface area contributed by atoms with Crippen LogP contribution in [-0.4, -0.2) is 32.8 Å². The first-order chi connectivity index (χ1) is 12.2. The van der Waals surface area contributed by atoms with Crippen LogP contribution in [-0.2, 0) is 16.1 Å². The third kappa shape index (κ3) is 5.77. The molecule has 0 bridgehead atoms. The number of methoxy groups -OCH3 is 2. The van der Waals surface area contributed by atoms with Crippen LogP contribution >= 0.6 is 0 Å². The average molecular weight is 344 g/mol. The second kappa shape index (κ2) is 9.66. The molecular formula is C19H24N2O4. The molecule has 0 saturated carbocycles. The molecule has 6 heteroatoms. The second-order valence-corrected chi connectivity index (χ2v) is 5.47. The largest absolute Gasteiger partial charge is 0.493 e. The van der Waals surface area contributed by atoms with E-state index in [0.717, 1.165) is 5.56 Å². The van der Waals surface area contributed by atoms with Crippen LogP contribution in [0, 0.1) is 0 Å². The molecule has 0 spiro atoms. The normalized spacial score (nSPS) is 11.6. The van der Waals surface area contributed by atoms with E-state index in [9.17, 15) is 4.79 Å². The Bertz CT molecular complexity index is 669. The number of rotatable bonds is 9. The molecule has 1 atom stereocenters. The Kier molecular flexibility index (Phi) is 7.25. The van der Waals surface area contributed by atoms with Gasteiger partial charge in [0.15, 0.2) is 11.5 Å². The molecule has 3 N–H and O–H groups in total. The fraction of sp³-hybridized carbons (Fsp3) is 0.316. The summed E-state index contributed by atoms with van der Waals surface area (Å²) in [5.74, 6) is 1.93. The molecule has 0 heterocycles. The predicted octanol–water partition coefficient (Wildman–Crippen LogP) is 2.47. The van der Waals surface area contributed by atoms with Crippen molar-refractivity contribution >= 4 is 5.91 Å². The van der Waals surface area contributed by atoms with Gasteiger partial charge in [-0.1, -0.05) is 24.3 Å². The van der Waals surface area contributed by atoms with E-state index in [1.807, 2.05) is 48.5 Å². The number of hydrogen-bond donors (Lipinski definition) is 2. The fourth-order valence-corrected chi connectivity index (χ4v) is 2.25. The van der Waals surface area contributed by atoms with Crippen molar-refractivity contribution in [2.24, 2.45) is 5.73 Å². The van der Waals surface area contributed by atoms with Gasteiger partial charge < -0.3 is 25.3 Å². The van der Waals surface area contributed by atoms with Gasteiger partial charge >= 0.3 is 0 Å². The Hall–Kier alpha value is -2.57. The summed E-state index contributed by atoms with van der Waals surface area (Å²) in [6.07, 6.45) is -0.00114. The van der Waals surface area contributed by atoms with Gasteiger partial charge in [0.05, 0.1) is 19.6 Å². The first-order valence-corrected chi connectivity index (χ1v) is 8.05. The van der Waals surface area contributed by atoms with E-state index in [1.165, 1.54) is 0 Å².